The number of aromatic nitrogens is 2. The van der Waals surface area contributed by atoms with Crippen LogP contribution in [-0.4, -0.2) is 227 Å². The molecule has 101 heavy (non-hydrogen) atoms. The molecule has 0 spiro atoms. The second-order valence-electron chi connectivity index (χ2n) is 23.9. The topological polar surface area (TPSA) is 657 Å². The molecule has 26 N–H and O–H groups in total. The number of imidazole rings is 1. The normalized spacial score (nSPS) is 15.8. The monoisotopic (exact) mass is 1420 g/mol. The molecular weight excluding hydrogens is 1330 g/mol. The Bertz CT molecular complexity index is 3430. The lowest BCUT2D eigenvalue weighted by Crippen LogP contribution is -2.61. The number of benzene rings is 2. The van der Waals surface area contributed by atoms with Crippen LogP contribution < -0.4 is 81.8 Å². The van der Waals surface area contributed by atoms with Crippen molar-refractivity contribution in [3.63, 3.8) is 0 Å². The third-order valence-corrected chi connectivity index (χ3v) is 15.7. The minimum atomic E-state index is -1.97. The number of aromatic hydroxyl groups is 2. The Morgan fingerprint density at radius 2 is 0.970 bits per heavy atom. The zero-order valence-corrected chi connectivity index (χ0v) is 55.3. The lowest BCUT2D eigenvalue weighted by atomic mass is 10.0. The zero-order valence-electron chi connectivity index (χ0n) is 55.3. The standard InChI is InChI=1S/C62H88N18O21/c1-30(64)51(89)74-40(22-32-8-12-35(82)13-9-32)56(94)78-44(23-33-10-14-36(83)15-11-33)61(99)80-21-5-7-46(80)60(98)72-38(16-18-47(65)84)54(92)76-43(26-49(67)86)58(96)75-41(24-34-27-68-29-69-34)57(95)71-37(6-3-4-20-63)53(91)79-45(28-81)59(97)77-42(25-48(66)85)55(93)70-31(2)52(90)73-39(62(100)101)17-19-50(87)88/h8-15,27,29-31,37-46,81-83H,3-7,16-26,28,63-64H2,1-2H3,(H2,65,84)(H2,66,85)(H2,67,86)(H,68,69)(H,70,93)(H,71,95)(H,72,98)(H,73,90)(H,74,89)(H,75,96)(H,76,92)(H,77,97)(H,78,94)(H,79,91)(H,87,88)(H,100,101)/t30-,31-,37-,38-,39-,40-,41-,42-,43-,44-,45-,46-/m0/s1. The molecule has 1 fully saturated rings. The molecular formula is C62H88N18O21. The van der Waals surface area contributed by atoms with E-state index in [1.54, 1.807) is 0 Å². The summed E-state index contributed by atoms with van der Waals surface area (Å²) in [5.74, 6) is -18.2. The van der Waals surface area contributed by atoms with Crippen LogP contribution in [0.3, 0.4) is 0 Å². The number of phenols is 2. The van der Waals surface area contributed by atoms with Gasteiger partial charge in [-0.25, -0.2) is 9.78 Å². The average molecular weight is 1420 g/mol. The first kappa shape index (κ1) is 82.1. The summed E-state index contributed by atoms with van der Waals surface area (Å²) in [6, 6.07) is -8.09. The molecule has 552 valence electrons. The molecule has 2 heterocycles. The fourth-order valence-electron chi connectivity index (χ4n) is 10.2. The average Bonchev–Trinajstić information content (AvgIpc) is 1.79. The van der Waals surface area contributed by atoms with Gasteiger partial charge < -0.3 is 117 Å². The largest absolute Gasteiger partial charge is 0.508 e. The van der Waals surface area contributed by atoms with Gasteiger partial charge in [-0.15, -0.1) is 0 Å². The molecule has 4 rings (SSSR count). The van der Waals surface area contributed by atoms with Crippen LogP contribution in [0, 0.1) is 0 Å². The Morgan fingerprint density at radius 3 is 1.47 bits per heavy atom. The molecule has 39 heteroatoms. The molecule has 1 aliphatic rings. The van der Waals surface area contributed by atoms with E-state index >= 15 is 0 Å². The quantitative estimate of drug-likeness (QED) is 0.0234. The third-order valence-electron chi connectivity index (χ3n) is 15.7. The number of nitrogens with two attached hydrogens (primary N) is 5. The first-order valence-corrected chi connectivity index (χ1v) is 31.9. The van der Waals surface area contributed by atoms with E-state index in [0.29, 0.717) is 11.1 Å². The van der Waals surface area contributed by atoms with Crippen molar-refractivity contribution in [3.8, 4) is 11.5 Å². The first-order chi connectivity index (χ1) is 47.7. The summed E-state index contributed by atoms with van der Waals surface area (Å²) >= 11 is 0. The number of unbranched alkanes of at least 4 members (excludes halogenated alkanes) is 1. The number of carboxylic acids is 2. The molecule has 0 saturated carbocycles. The lowest BCUT2D eigenvalue weighted by molar-refractivity contribution is -0.143. The predicted octanol–water partition coefficient (Wildman–Crippen LogP) is -7.86. The summed E-state index contributed by atoms with van der Waals surface area (Å²) < 4.78 is 0. The number of carbonyl (C=O) groups excluding carboxylic acids is 14. The molecule has 1 aliphatic heterocycles. The van der Waals surface area contributed by atoms with Crippen molar-refractivity contribution in [1.82, 2.24) is 68.0 Å². The molecule has 12 atom stereocenters. The molecule has 2 aromatic carbocycles. The number of rotatable bonds is 43. The van der Waals surface area contributed by atoms with Gasteiger partial charge in [-0.2, -0.15) is 0 Å². The second-order valence-corrected chi connectivity index (χ2v) is 23.9. The van der Waals surface area contributed by atoms with Crippen LogP contribution in [0.25, 0.3) is 0 Å². The van der Waals surface area contributed by atoms with Crippen molar-refractivity contribution < 1.29 is 102 Å². The highest BCUT2D eigenvalue weighted by Gasteiger charge is 2.41. The summed E-state index contributed by atoms with van der Waals surface area (Å²) in [6.07, 6.45) is -2.16. The Hall–Kier alpha value is -11.3. The highest BCUT2D eigenvalue weighted by molar-refractivity contribution is 6.01. The summed E-state index contributed by atoms with van der Waals surface area (Å²) in [5, 5.41) is 72.2. The van der Waals surface area contributed by atoms with Gasteiger partial charge in [0.05, 0.1) is 31.8 Å². The first-order valence-electron chi connectivity index (χ1n) is 31.9. The fourth-order valence-corrected chi connectivity index (χ4v) is 10.2. The van der Waals surface area contributed by atoms with Gasteiger partial charge in [0.25, 0.3) is 0 Å². The van der Waals surface area contributed by atoms with Crippen LogP contribution in [-0.2, 0) is 96.0 Å². The number of nitrogens with zero attached hydrogens (tertiary/aromatic N) is 2. The molecule has 0 aliphatic carbocycles. The zero-order chi connectivity index (χ0) is 75.2. The van der Waals surface area contributed by atoms with Crippen molar-refractivity contribution in [2.75, 3.05) is 19.7 Å². The third kappa shape index (κ3) is 27.8. The van der Waals surface area contributed by atoms with Crippen LogP contribution in [0.15, 0.2) is 61.1 Å². The number of aliphatic hydroxyl groups is 1. The van der Waals surface area contributed by atoms with Crippen molar-refractivity contribution in [2.24, 2.45) is 28.7 Å². The highest BCUT2D eigenvalue weighted by Crippen LogP contribution is 2.22. The van der Waals surface area contributed by atoms with Crippen LogP contribution in [0.5, 0.6) is 11.5 Å². The summed E-state index contributed by atoms with van der Waals surface area (Å²) in [7, 11) is 0. The van der Waals surface area contributed by atoms with E-state index in [0.717, 1.165) is 11.8 Å². The number of primary amides is 3. The molecule has 0 radical (unpaired) electrons. The van der Waals surface area contributed by atoms with Crippen molar-refractivity contribution in [3.05, 3.63) is 77.9 Å². The molecule has 1 saturated heterocycles. The summed E-state index contributed by atoms with van der Waals surface area (Å²) in [5.41, 5.74) is 29.0. The van der Waals surface area contributed by atoms with Gasteiger partial charge in [0.15, 0.2) is 0 Å². The molecule has 3 aromatic rings. The van der Waals surface area contributed by atoms with E-state index in [9.17, 15) is 97.1 Å². The predicted molar refractivity (Wildman–Crippen MR) is 350 cm³/mol. The van der Waals surface area contributed by atoms with Crippen LogP contribution in [0.4, 0.5) is 0 Å². The lowest BCUT2D eigenvalue weighted by Gasteiger charge is -2.31. The highest BCUT2D eigenvalue weighted by atomic mass is 16.4. The van der Waals surface area contributed by atoms with Gasteiger partial charge >= 0.3 is 11.9 Å². The van der Waals surface area contributed by atoms with Crippen LogP contribution in [0.1, 0.15) is 101 Å². The van der Waals surface area contributed by atoms with Gasteiger partial charge in [0, 0.05) is 50.5 Å². The number of hydrogen-bond donors (Lipinski definition) is 21. The van der Waals surface area contributed by atoms with Gasteiger partial charge in [-0.3, -0.25) is 71.9 Å². The number of H-pyrrole nitrogens is 1. The second kappa shape index (κ2) is 40.5. The Balaban J connectivity index is 1.58. The van der Waals surface area contributed by atoms with Crippen molar-refractivity contribution in [1.29, 1.82) is 0 Å². The van der Waals surface area contributed by atoms with Gasteiger partial charge in [-0.05, 0) is 101 Å². The number of aliphatic carboxylic acids is 2. The molecule has 0 bridgehead atoms. The number of phenolic OH excluding ortho intramolecular Hbond substituents is 2. The SMILES string of the molecule is C[C@H](N)C(=O)N[C@@H](Cc1ccc(O)cc1)C(=O)N[C@@H](Cc1ccc(O)cc1)C(=O)N1CCC[C@H]1C(=O)N[C@@H](CCC(N)=O)C(=O)N[C@@H](CC(N)=O)C(=O)N[C@@H](Cc1cnc[nH]1)C(=O)N[C@@H](CCCCN)C(=O)N[C@@H](CO)C(=O)N[C@@H](CC(N)=O)C(=O)N[C@@H](C)C(=O)N[C@@H](CCC(=O)O)C(=O)O. The van der Waals surface area contributed by atoms with E-state index < -0.39 is 219 Å². The summed E-state index contributed by atoms with van der Waals surface area (Å²) in [4.78, 5) is 221. The van der Waals surface area contributed by atoms with Gasteiger partial charge in [-0.1, -0.05) is 24.3 Å². The molecule has 14 amide bonds. The number of amides is 14. The summed E-state index contributed by atoms with van der Waals surface area (Å²) in [6.45, 7) is 1.30. The maximum atomic E-state index is 14.8. The van der Waals surface area contributed by atoms with Crippen LogP contribution >= 0.6 is 0 Å². The van der Waals surface area contributed by atoms with E-state index in [1.807, 2.05) is 0 Å². The minimum absolute atomic E-state index is 0.0136. The Labute approximate surface area is 577 Å². The number of nitrogens with one attached hydrogen (secondary N) is 11. The maximum absolute atomic E-state index is 14.8. The molecule has 39 nitrogen and oxygen atoms in total. The van der Waals surface area contributed by atoms with Gasteiger partial charge in [0.2, 0.25) is 82.7 Å². The maximum Gasteiger partial charge on any atom is 0.326 e. The van der Waals surface area contributed by atoms with Gasteiger partial charge in [0.1, 0.15) is 78.0 Å². The minimum Gasteiger partial charge on any atom is -0.508 e. The number of carboxylic acid groups (broad SMARTS) is 2. The molecule has 0 unspecified atom stereocenters. The van der Waals surface area contributed by atoms with E-state index in [2.05, 4.69) is 63.1 Å². The fraction of sp³-hybridized carbons (Fsp3) is 0.500. The number of aromatic amines is 1. The van der Waals surface area contributed by atoms with E-state index in [1.165, 1.54) is 68.0 Å². The smallest absolute Gasteiger partial charge is 0.326 e. The Kier molecular flexibility index (Phi) is 32.9. The van der Waals surface area contributed by atoms with Crippen molar-refractivity contribution >= 4 is 94.6 Å². The van der Waals surface area contributed by atoms with E-state index in [4.69, 9.17) is 33.8 Å². The number of aliphatic hydroxyl groups excluding tert-OH is 1. The number of hydrogen-bond acceptors (Lipinski definition) is 22. The van der Waals surface area contributed by atoms with Crippen molar-refractivity contribution in [2.45, 2.75) is 176 Å². The van der Waals surface area contributed by atoms with E-state index in [-0.39, 0.29) is 75.2 Å². The van der Waals surface area contributed by atoms with Crippen LogP contribution in [0.2, 0.25) is 0 Å². The Morgan fingerprint density at radius 1 is 0.525 bits per heavy atom. The molecule has 1 aromatic heterocycles. The number of likely N-dealkylation sites (tertiary alicyclic amines) is 1. The number of carbonyl (C=O) groups is 16.